The van der Waals surface area contributed by atoms with Gasteiger partial charge in [0.2, 0.25) is 0 Å². The van der Waals surface area contributed by atoms with Gasteiger partial charge in [-0.2, -0.15) is 0 Å². The summed E-state index contributed by atoms with van der Waals surface area (Å²) in [6, 6.07) is 0. The van der Waals surface area contributed by atoms with Crippen molar-refractivity contribution in [1.82, 2.24) is 0 Å². The van der Waals surface area contributed by atoms with E-state index in [-0.39, 0.29) is 25.2 Å². The van der Waals surface area contributed by atoms with Crippen LogP contribution in [0.5, 0.6) is 0 Å². The van der Waals surface area contributed by atoms with Gasteiger partial charge >= 0.3 is 11.9 Å². The molecule has 0 rings (SSSR count). The summed E-state index contributed by atoms with van der Waals surface area (Å²) in [7, 11) is 0. The highest BCUT2D eigenvalue weighted by Crippen LogP contribution is 2.13. The van der Waals surface area contributed by atoms with E-state index in [0.29, 0.717) is 19.4 Å². The molecule has 0 heterocycles. The molecule has 0 spiro atoms. The van der Waals surface area contributed by atoms with Gasteiger partial charge in [-0.15, -0.1) is 0 Å². The van der Waals surface area contributed by atoms with Crippen molar-refractivity contribution in [3.8, 4) is 0 Å². The Morgan fingerprint density at radius 1 is 0.359 bits per heavy atom. The minimum Gasteiger partial charge on any atom is -0.462 e. The minimum atomic E-state index is -0.557. The zero-order valence-electron chi connectivity index (χ0n) is 42.3. The van der Waals surface area contributed by atoms with Crippen LogP contribution in [0.4, 0.5) is 0 Å². The molecule has 0 aliphatic rings. The van der Waals surface area contributed by atoms with E-state index in [1.165, 1.54) is 122 Å². The number of carbonyl (C=O) groups is 2. The molecule has 1 atom stereocenters. The van der Waals surface area contributed by atoms with Crippen LogP contribution in [0, 0.1) is 0 Å². The first-order valence-corrected chi connectivity index (χ1v) is 27.1. The predicted octanol–water partition coefficient (Wildman–Crippen LogP) is 18.5. The normalized spacial score (nSPS) is 12.9. The van der Waals surface area contributed by atoms with Crippen molar-refractivity contribution >= 4 is 11.9 Å². The van der Waals surface area contributed by atoms with Crippen molar-refractivity contribution < 1.29 is 23.8 Å². The molecule has 0 N–H and O–H groups in total. The molecule has 5 heteroatoms. The van der Waals surface area contributed by atoms with Crippen molar-refractivity contribution in [2.24, 2.45) is 0 Å². The maximum absolute atomic E-state index is 12.8. The standard InChI is InChI=1S/C59H102O5/c1-4-7-10-13-16-19-22-25-28-29-30-31-33-34-37-40-43-46-49-52-58(60)63-56-57(55-62-54-51-48-45-42-39-36-27-24-21-18-15-12-9-6-3)64-59(61)53-50-47-44-41-38-35-32-26-23-20-17-14-11-8-5-2/h8,11,16-17,19-21,24-26,28,30-32,57H,4-7,9-10,12-15,18,22-23,27,29,33-56H2,1-3H3/b11-8-,19-16-,20-17-,24-21-,28-25-,31-30-,32-26-. The lowest BCUT2D eigenvalue weighted by Crippen LogP contribution is -2.30. The molecule has 64 heavy (non-hydrogen) atoms. The number of ether oxygens (including phenoxy) is 3. The SMILES string of the molecule is CC/C=C\C/C=C\C/C=C\CCCCCCCC(=O)OC(COCCCCCCCC/C=C\CCCCCC)COC(=O)CCCCCCCC/C=C\C/C=C\C/C=C\CCCCC. The van der Waals surface area contributed by atoms with Crippen LogP contribution < -0.4 is 0 Å². The van der Waals surface area contributed by atoms with Gasteiger partial charge in [0.15, 0.2) is 6.10 Å². The molecule has 0 fully saturated rings. The van der Waals surface area contributed by atoms with Gasteiger partial charge in [0.1, 0.15) is 6.61 Å². The molecular weight excluding hydrogens is 789 g/mol. The average molecular weight is 891 g/mol. The first-order chi connectivity index (χ1) is 31.6. The second kappa shape index (κ2) is 54.4. The molecule has 0 aliphatic carbocycles. The van der Waals surface area contributed by atoms with E-state index in [0.717, 1.165) is 96.3 Å². The van der Waals surface area contributed by atoms with Gasteiger partial charge in [0, 0.05) is 19.4 Å². The molecule has 0 radical (unpaired) electrons. The third-order valence-corrected chi connectivity index (χ3v) is 11.4. The second-order valence-electron chi connectivity index (χ2n) is 17.7. The maximum atomic E-state index is 12.8. The highest BCUT2D eigenvalue weighted by Gasteiger charge is 2.17. The van der Waals surface area contributed by atoms with E-state index in [1.807, 2.05) is 0 Å². The number of allylic oxidation sites excluding steroid dienone is 14. The van der Waals surface area contributed by atoms with Gasteiger partial charge in [-0.1, -0.05) is 209 Å². The van der Waals surface area contributed by atoms with Crippen LogP contribution in [-0.2, 0) is 23.8 Å². The van der Waals surface area contributed by atoms with Crippen molar-refractivity contribution in [3.63, 3.8) is 0 Å². The van der Waals surface area contributed by atoms with E-state index in [1.54, 1.807) is 0 Å². The monoisotopic (exact) mass is 891 g/mol. The quantitative estimate of drug-likeness (QED) is 0.0346. The lowest BCUT2D eigenvalue weighted by Gasteiger charge is -2.18. The molecule has 0 bridgehead atoms. The summed E-state index contributed by atoms with van der Waals surface area (Å²) in [4.78, 5) is 25.5. The van der Waals surface area contributed by atoms with Gasteiger partial charge in [-0.3, -0.25) is 9.59 Å². The summed E-state index contributed by atoms with van der Waals surface area (Å²) in [5, 5.41) is 0. The minimum absolute atomic E-state index is 0.0659. The smallest absolute Gasteiger partial charge is 0.306 e. The molecule has 0 aromatic rings. The van der Waals surface area contributed by atoms with E-state index < -0.39 is 6.10 Å². The lowest BCUT2D eigenvalue weighted by atomic mass is 10.1. The fourth-order valence-electron chi connectivity index (χ4n) is 7.35. The van der Waals surface area contributed by atoms with Crippen molar-refractivity contribution in [2.75, 3.05) is 19.8 Å². The second-order valence-corrected chi connectivity index (χ2v) is 17.7. The number of unbranched alkanes of at least 4 members (excludes halogenated alkanes) is 24. The molecule has 0 aromatic heterocycles. The van der Waals surface area contributed by atoms with Gasteiger partial charge in [0.05, 0.1) is 6.61 Å². The highest BCUT2D eigenvalue weighted by molar-refractivity contribution is 5.70. The Morgan fingerprint density at radius 2 is 0.703 bits per heavy atom. The Hall–Kier alpha value is -2.92. The van der Waals surface area contributed by atoms with Gasteiger partial charge in [-0.05, 0) is 116 Å². The largest absolute Gasteiger partial charge is 0.462 e. The summed E-state index contributed by atoms with van der Waals surface area (Å²) in [6.45, 7) is 7.64. The van der Waals surface area contributed by atoms with E-state index in [4.69, 9.17) is 14.2 Å². The zero-order chi connectivity index (χ0) is 46.3. The van der Waals surface area contributed by atoms with Gasteiger partial charge < -0.3 is 14.2 Å². The van der Waals surface area contributed by atoms with Crippen LogP contribution in [-0.4, -0.2) is 37.9 Å². The van der Waals surface area contributed by atoms with E-state index >= 15 is 0 Å². The lowest BCUT2D eigenvalue weighted by molar-refractivity contribution is -0.163. The first kappa shape index (κ1) is 61.1. The summed E-state index contributed by atoms with van der Waals surface area (Å²) in [6.07, 6.45) is 71.6. The predicted molar refractivity (Wildman–Crippen MR) is 279 cm³/mol. The van der Waals surface area contributed by atoms with Gasteiger partial charge in [0.25, 0.3) is 0 Å². The topological polar surface area (TPSA) is 61.8 Å². The zero-order valence-corrected chi connectivity index (χ0v) is 42.3. The number of hydrogen-bond acceptors (Lipinski definition) is 5. The van der Waals surface area contributed by atoms with E-state index in [9.17, 15) is 9.59 Å². The Kier molecular flexibility index (Phi) is 51.9. The van der Waals surface area contributed by atoms with Crippen LogP contribution in [0.2, 0.25) is 0 Å². The third kappa shape index (κ3) is 51.7. The summed E-state index contributed by atoms with van der Waals surface area (Å²) < 4.78 is 17.4. The average Bonchev–Trinajstić information content (AvgIpc) is 3.30. The highest BCUT2D eigenvalue weighted by atomic mass is 16.6. The van der Waals surface area contributed by atoms with E-state index in [2.05, 4.69) is 106 Å². The Morgan fingerprint density at radius 3 is 1.17 bits per heavy atom. The third-order valence-electron chi connectivity index (χ3n) is 11.4. The number of hydrogen-bond donors (Lipinski definition) is 0. The van der Waals surface area contributed by atoms with Crippen LogP contribution in [0.1, 0.15) is 252 Å². The number of esters is 2. The molecule has 0 aliphatic heterocycles. The molecule has 368 valence electrons. The fraction of sp³-hybridized carbons (Fsp3) is 0.729. The molecule has 0 aromatic carbocycles. The van der Waals surface area contributed by atoms with Crippen LogP contribution in [0.15, 0.2) is 85.1 Å². The van der Waals surface area contributed by atoms with Crippen molar-refractivity contribution in [3.05, 3.63) is 85.1 Å². The molecule has 1 unspecified atom stereocenters. The number of carbonyl (C=O) groups excluding carboxylic acids is 2. The molecule has 0 saturated heterocycles. The van der Waals surface area contributed by atoms with Crippen molar-refractivity contribution in [1.29, 1.82) is 0 Å². The van der Waals surface area contributed by atoms with Crippen LogP contribution in [0.3, 0.4) is 0 Å². The van der Waals surface area contributed by atoms with Crippen molar-refractivity contribution in [2.45, 2.75) is 258 Å². The Balaban J connectivity index is 4.32. The molecule has 5 nitrogen and oxygen atoms in total. The summed E-state index contributed by atoms with van der Waals surface area (Å²) in [5.74, 6) is -0.433. The maximum Gasteiger partial charge on any atom is 0.306 e. The van der Waals surface area contributed by atoms with Crippen LogP contribution in [0.25, 0.3) is 0 Å². The molecule has 0 amide bonds. The van der Waals surface area contributed by atoms with Crippen LogP contribution >= 0.6 is 0 Å². The van der Waals surface area contributed by atoms with Gasteiger partial charge in [-0.25, -0.2) is 0 Å². The summed E-state index contributed by atoms with van der Waals surface area (Å²) >= 11 is 0. The summed E-state index contributed by atoms with van der Waals surface area (Å²) in [5.41, 5.74) is 0. The molecular formula is C59H102O5. The number of rotatable bonds is 49. The Labute approximate surface area is 397 Å². The Bertz CT molecular complexity index is 1190. The first-order valence-electron chi connectivity index (χ1n) is 27.1. The molecule has 0 saturated carbocycles. The fourth-order valence-corrected chi connectivity index (χ4v) is 7.35.